The number of hydrogen-bond acceptors (Lipinski definition) is 6. The Kier molecular flexibility index (Phi) is 7.08. The van der Waals surface area contributed by atoms with Gasteiger partial charge in [-0.3, -0.25) is 4.79 Å². The monoisotopic (exact) mass is 419 g/mol. The van der Waals surface area contributed by atoms with E-state index in [4.69, 9.17) is 4.74 Å². The summed E-state index contributed by atoms with van der Waals surface area (Å²) in [4.78, 5) is 13.8. The molecule has 0 bridgehead atoms. The fourth-order valence-electron chi connectivity index (χ4n) is 3.06. The van der Waals surface area contributed by atoms with E-state index in [1.165, 1.54) is 12.1 Å². The van der Waals surface area contributed by atoms with Crippen LogP contribution in [0.3, 0.4) is 0 Å². The molecule has 9 heteroatoms. The van der Waals surface area contributed by atoms with E-state index in [0.29, 0.717) is 5.75 Å². The highest BCUT2D eigenvalue weighted by Gasteiger charge is 2.25. The molecule has 29 heavy (non-hydrogen) atoms. The van der Waals surface area contributed by atoms with Gasteiger partial charge in [0.15, 0.2) is 0 Å². The average Bonchev–Trinajstić information content (AvgIpc) is 2.74. The van der Waals surface area contributed by atoms with Gasteiger partial charge in [-0.2, -0.15) is 4.72 Å². The average molecular weight is 420 g/mol. The second-order valence-corrected chi connectivity index (χ2v) is 8.41. The molecule has 1 atom stereocenters. The van der Waals surface area contributed by atoms with E-state index in [0.717, 1.165) is 31.9 Å². The molecule has 156 valence electrons. The highest BCUT2D eigenvalue weighted by molar-refractivity contribution is 7.89. The first kappa shape index (κ1) is 21.1. The predicted molar refractivity (Wildman–Crippen MR) is 110 cm³/mol. The van der Waals surface area contributed by atoms with Gasteiger partial charge in [0.05, 0.1) is 11.5 Å². The predicted octanol–water partition coefficient (Wildman–Crippen LogP) is 1.30. The maximum Gasteiger partial charge on any atom is 0.321 e. The van der Waals surface area contributed by atoms with E-state index >= 15 is 0 Å². The van der Waals surface area contributed by atoms with Crippen LogP contribution < -0.4 is 19.7 Å². The lowest BCUT2D eigenvalue weighted by Crippen LogP contribution is -2.43. The lowest BCUT2D eigenvalue weighted by molar-refractivity contribution is -0.139. The van der Waals surface area contributed by atoms with E-state index in [1.807, 2.05) is 24.3 Å². The molecule has 8 nitrogen and oxygen atoms in total. The number of rotatable bonds is 9. The van der Waals surface area contributed by atoms with Crippen molar-refractivity contribution >= 4 is 21.7 Å². The Balaban J connectivity index is 1.53. The minimum Gasteiger partial charge on any atom is -0.494 e. The van der Waals surface area contributed by atoms with Gasteiger partial charge in [0.1, 0.15) is 11.8 Å². The fraction of sp³-hybridized carbons (Fsp3) is 0.350. The molecule has 1 heterocycles. The number of ether oxygens (including phenoxy) is 1. The summed E-state index contributed by atoms with van der Waals surface area (Å²) in [5.74, 6) is -0.638. The molecule has 0 amide bonds. The Morgan fingerprint density at radius 1 is 1.10 bits per heavy atom. The van der Waals surface area contributed by atoms with Crippen molar-refractivity contribution in [2.45, 2.75) is 17.4 Å². The number of piperazine rings is 1. The molecule has 0 saturated carbocycles. The van der Waals surface area contributed by atoms with Gasteiger partial charge >= 0.3 is 5.97 Å². The molecule has 2 aromatic carbocycles. The van der Waals surface area contributed by atoms with E-state index < -0.39 is 22.0 Å². The van der Waals surface area contributed by atoms with Crippen molar-refractivity contribution in [1.82, 2.24) is 10.0 Å². The molecule has 1 saturated heterocycles. The zero-order valence-corrected chi connectivity index (χ0v) is 16.8. The molecule has 0 radical (unpaired) electrons. The van der Waals surface area contributed by atoms with Gasteiger partial charge in [0.2, 0.25) is 10.0 Å². The van der Waals surface area contributed by atoms with Crippen LogP contribution in [0, 0.1) is 0 Å². The van der Waals surface area contributed by atoms with Crippen LogP contribution in [0.5, 0.6) is 5.75 Å². The minimum atomic E-state index is -3.91. The molecule has 0 aliphatic carbocycles. The Bertz CT molecular complexity index is 897. The van der Waals surface area contributed by atoms with Crippen molar-refractivity contribution in [3.63, 3.8) is 0 Å². The van der Waals surface area contributed by atoms with Crippen LogP contribution in [-0.2, 0) is 14.8 Å². The highest BCUT2D eigenvalue weighted by Crippen LogP contribution is 2.20. The molecule has 1 aliphatic heterocycles. The van der Waals surface area contributed by atoms with Crippen LogP contribution in [-0.4, -0.2) is 58.3 Å². The second-order valence-electron chi connectivity index (χ2n) is 6.69. The van der Waals surface area contributed by atoms with Crippen molar-refractivity contribution in [1.29, 1.82) is 0 Å². The summed E-state index contributed by atoms with van der Waals surface area (Å²) in [6.45, 7) is 3.87. The topological polar surface area (TPSA) is 108 Å². The number of carboxylic acids is 1. The summed E-state index contributed by atoms with van der Waals surface area (Å²) in [6.07, 6.45) is 0.000935. The first-order valence-corrected chi connectivity index (χ1v) is 10.9. The summed E-state index contributed by atoms with van der Waals surface area (Å²) in [7, 11) is -3.91. The van der Waals surface area contributed by atoms with Gasteiger partial charge < -0.3 is 20.1 Å². The number of benzene rings is 2. The third kappa shape index (κ3) is 5.93. The summed E-state index contributed by atoms with van der Waals surface area (Å²) in [5.41, 5.74) is 1.11. The zero-order valence-electron chi connectivity index (χ0n) is 16.0. The van der Waals surface area contributed by atoms with Crippen LogP contribution >= 0.6 is 0 Å². The second kappa shape index (κ2) is 9.73. The summed E-state index contributed by atoms with van der Waals surface area (Å²) >= 11 is 0. The largest absolute Gasteiger partial charge is 0.494 e. The molecule has 0 spiro atoms. The Morgan fingerprint density at radius 2 is 1.76 bits per heavy atom. The van der Waals surface area contributed by atoms with Gasteiger partial charge in [-0.05, 0) is 36.4 Å². The SMILES string of the molecule is O=C(O)C(CCOc1ccc(N2CCNCC2)cc1)NS(=O)(=O)c1ccccc1. The number of nitrogens with zero attached hydrogens (tertiary/aromatic N) is 1. The highest BCUT2D eigenvalue weighted by atomic mass is 32.2. The first-order chi connectivity index (χ1) is 14.0. The molecule has 2 aromatic rings. The fourth-order valence-corrected chi connectivity index (χ4v) is 4.30. The van der Waals surface area contributed by atoms with E-state index in [1.54, 1.807) is 18.2 Å². The molecule has 3 N–H and O–H groups in total. The molecule has 1 unspecified atom stereocenters. The Labute approximate surface area is 170 Å². The number of anilines is 1. The molecular formula is C20H25N3O5S. The lowest BCUT2D eigenvalue weighted by Gasteiger charge is -2.29. The number of nitrogens with one attached hydrogen (secondary N) is 2. The minimum absolute atomic E-state index is 0.000935. The molecule has 3 rings (SSSR count). The van der Waals surface area contributed by atoms with E-state index in [9.17, 15) is 18.3 Å². The molecule has 1 aliphatic rings. The van der Waals surface area contributed by atoms with Crippen LogP contribution in [0.1, 0.15) is 6.42 Å². The van der Waals surface area contributed by atoms with Crippen LogP contribution in [0.4, 0.5) is 5.69 Å². The Hall–Kier alpha value is -2.62. The van der Waals surface area contributed by atoms with E-state index in [-0.39, 0.29) is 17.9 Å². The van der Waals surface area contributed by atoms with Crippen molar-refractivity contribution in [3.8, 4) is 5.75 Å². The van der Waals surface area contributed by atoms with Gasteiger partial charge in [0.25, 0.3) is 0 Å². The smallest absolute Gasteiger partial charge is 0.321 e. The van der Waals surface area contributed by atoms with Crippen molar-refractivity contribution in [2.24, 2.45) is 0 Å². The van der Waals surface area contributed by atoms with E-state index in [2.05, 4.69) is 14.9 Å². The van der Waals surface area contributed by atoms with Crippen LogP contribution in [0.15, 0.2) is 59.5 Å². The first-order valence-electron chi connectivity index (χ1n) is 9.44. The number of sulfonamides is 1. The van der Waals surface area contributed by atoms with Gasteiger partial charge in [-0.15, -0.1) is 0 Å². The summed E-state index contributed by atoms with van der Waals surface area (Å²) < 4.78 is 32.5. The van der Waals surface area contributed by atoms with Gasteiger partial charge in [-0.25, -0.2) is 8.42 Å². The number of aliphatic carboxylic acids is 1. The maximum atomic E-state index is 12.3. The quantitative estimate of drug-likeness (QED) is 0.562. The lowest BCUT2D eigenvalue weighted by atomic mass is 10.2. The van der Waals surface area contributed by atoms with Crippen molar-refractivity contribution in [2.75, 3.05) is 37.7 Å². The van der Waals surface area contributed by atoms with Gasteiger partial charge in [0, 0.05) is 38.3 Å². The summed E-state index contributed by atoms with van der Waals surface area (Å²) in [6, 6.07) is 14.0. The molecule has 0 aromatic heterocycles. The van der Waals surface area contributed by atoms with Crippen LogP contribution in [0.2, 0.25) is 0 Å². The maximum absolute atomic E-state index is 12.3. The number of carbonyl (C=O) groups is 1. The normalized spacial score (nSPS) is 15.7. The van der Waals surface area contributed by atoms with Crippen molar-refractivity contribution < 1.29 is 23.1 Å². The van der Waals surface area contributed by atoms with Crippen LogP contribution in [0.25, 0.3) is 0 Å². The number of carboxylic acid groups (broad SMARTS) is 1. The standard InChI is InChI=1S/C20H25N3O5S/c24-20(25)19(22-29(26,27)18-4-2-1-3-5-18)10-15-28-17-8-6-16(7-9-17)23-13-11-21-12-14-23/h1-9,19,21-22H,10-15H2,(H,24,25). The summed E-state index contributed by atoms with van der Waals surface area (Å²) in [5, 5.41) is 12.7. The molecular weight excluding hydrogens is 394 g/mol. The Morgan fingerprint density at radius 3 is 2.38 bits per heavy atom. The zero-order chi connectivity index (χ0) is 20.7. The van der Waals surface area contributed by atoms with Crippen molar-refractivity contribution in [3.05, 3.63) is 54.6 Å². The van der Waals surface area contributed by atoms with Gasteiger partial charge in [-0.1, -0.05) is 18.2 Å². The third-order valence-corrected chi connectivity index (χ3v) is 6.13. The number of hydrogen-bond donors (Lipinski definition) is 3. The molecule has 1 fully saturated rings. The third-order valence-electron chi connectivity index (χ3n) is 4.64.